The van der Waals surface area contributed by atoms with E-state index in [2.05, 4.69) is 15.5 Å². The highest BCUT2D eigenvalue weighted by molar-refractivity contribution is 5.99. The molecular weight excluding hydrogens is 324 g/mol. The van der Waals surface area contributed by atoms with Crippen LogP contribution >= 0.6 is 0 Å². The zero-order valence-electron chi connectivity index (χ0n) is 13.7. The van der Waals surface area contributed by atoms with E-state index in [9.17, 15) is 19.7 Å². The second-order valence-electron chi connectivity index (χ2n) is 7.04. The summed E-state index contributed by atoms with van der Waals surface area (Å²) in [6.07, 6.45) is 4.70. The largest absolute Gasteiger partial charge is 0.347 e. The summed E-state index contributed by atoms with van der Waals surface area (Å²) in [7, 11) is 0. The van der Waals surface area contributed by atoms with Crippen LogP contribution in [0.3, 0.4) is 0 Å². The fraction of sp³-hybridized carbons (Fsp3) is 0.529. The third-order valence-electron chi connectivity index (χ3n) is 5.67. The SMILES string of the molecule is O=C1NC(=O)C2CC3CCCCC3N(c3ccc([N+](=O)[O-])cc3)C2N1. The van der Waals surface area contributed by atoms with Crippen LogP contribution in [0.2, 0.25) is 0 Å². The number of nitro benzene ring substituents is 1. The van der Waals surface area contributed by atoms with Crippen molar-refractivity contribution < 1.29 is 14.5 Å². The minimum absolute atomic E-state index is 0.0305. The van der Waals surface area contributed by atoms with Crippen LogP contribution in [0.1, 0.15) is 32.1 Å². The van der Waals surface area contributed by atoms with E-state index >= 15 is 0 Å². The maximum absolute atomic E-state index is 12.3. The Morgan fingerprint density at radius 2 is 1.84 bits per heavy atom. The first kappa shape index (κ1) is 15.9. The molecule has 0 bridgehead atoms. The number of carbonyl (C=O) groups excluding carboxylic acids is 2. The quantitative estimate of drug-likeness (QED) is 0.632. The molecule has 4 atom stereocenters. The summed E-state index contributed by atoms with van der Waals surface area (Å²) < 4.78 is 0. The first-order valence-electron chi connectivity index (χ1n) is 8.69. The lowest BCUT2D eigenvalue weighted by Gasteiger charge is -2.53. The topological polar surface area (TPSA) is 105 Å². The molecule has 1 aromatic carbocycles. The number of imide groups is 1. The molecule has 4 unspecified atom stereocenters. The molecule has 25 heavy (non-hydrogen) atoms. The van der Waals surface area contributed by atoms with Crippen molar-refractivity contribution in [2.75, 3.05) is 4.90 Å². The number of piperidine rings is 1. The van der Waals surface area contributed by atoms with Crippen molar-refractivity contribution in [3.63, 3.8) is 0 Å². The van der Waals surface area contributed by atoms with Gasteiger partial charge < -0.3 is 10.2 Å². The standard InChI is InChI=1S/C17H20N4O4/c22-16-13-9-10-3-1-2-4-14(10)20(15(13)18-17(23)19-16)11-5-7-12(8-6-11)21(24)25/h5-8,10,13-15H,1-4,9H2,(H2,18,19,22,23). The lowest BCUT2D eigenvalue weighted by atomic mass is 9.72. The van der Waals surface area contributed by atoms with E-state index in [-0.39, 0.29) is 23.6 Å². The minimum Gasteiger partial charge on any atom is -0.347 e. The summed E-state index contributed by atoms with van der Waals surface area (Å²) in [6, 6.07) is 6.13. The van der Waals surface area contributed by atoms with Gasteiger partial charge in [-0.15, -0.1) is 0 Å². The highest BCUT2D eigenvalue weighted by atomic mass is 16.6. The molecule has 0 radical (unpaired) electrons. The van der Waals surface area contributed by atoms with Gasteiger partial charge in [0.2, 0.25) is 5.91 Å². The van der Waals surface area contributed by atoms with Gasteiger partial charge in [0, 0.05) is 23.9 Å². The van der Waals surface area contributed by atoms with E-state index in [0.717, 1.165) is 37.8 Å². The van der Waals surface area contributed by atoms with Gasteiger partial charge >= 0.3 is 6.03 Å². The predicted molar refractivity (Wildman–Crippen MR) is 89.9 cm³/mol. The Bertz CT molecular complexity index is 720. The molecule has 2 aliphatic heterocycles. The molecule has 3 amide bonds. The number of hydrogen-bond acceptors (Lipinski definition) is 5. The molecule has 3 fully saturated rings. The van der Waals surface area contributed by atoms with Gasteiger partial charge in [-0.2, -0.15) is 0 Å². The van der Waals surface area contributed by atoms with Crippen LogP contribution in [0.15, 0.2) is 24.3 Å². The molecule has 2 heterocycles. The Hall–Kier alpha value is -2.64. The molecule has 0 aromatic heterocycles. The van der Waals surface area contributed by atoms with Crippen molar-refractivity contribution in [2.45, 2.75) is 44.3 Å². The molecule has 0 spiro atoms. The second-order valence-corrected chi connectivity index (χ2v) is 7.04. The van der Waals surface area contributed by atoms with Crippen molar-refractivity contribution in [3.05, 3.63) is 34.4 Å². The number of carbonyl (C=O) groups is 2. The van der Waals surface area contributed by atoms with Crippen molar-refractivity contribution in [1.82, 2.24) is 10.6 Å². The van der Waals surface area contributed by atoms with Crippen molar-refractivity contribution in [3.8, 4) is 0 Å². The fourth-order valence-corrected chi connectivity index (χ4v) is 4.58. The van der Waals surface area contributed by atoms with E-state index in [0.29, 0.717) is 5.92 Å². The third kappa shape index (κ3) is 2.71. The number of anilines is 1. The lowest BCUT2D eigenvalue weighted by Crippen LogP contribution is -2.70. The summed E-state index contributed by atoms with van der Waals surface area (Å²) in [5.74, 6) is -0.136. The van der Waals surface area contributed by atoms with Crippen LogP contribution in [-0.2, 0) is 4.79 Å². The molecule has 3 aliphatic rings. The van der Waals surface area contributed by atoms with Crippen LogP contribution < -0.4 is 15.5 Å². The molecule has 4 rings (SSSR count). The number of nitrogens with zero attached hydrogens (tertiary/aromatic N) is 2. The number of hydrogen-bond donors (Lipinski definition) is 2. The van der Waals surface area contributed by atoms with E-state index in [4.69, 9.17) is 0 Å². The van der Waals surface area contributed by atoms with E-state index in [1.807, 2.05) is 0 Å². The van der Waals surface area contributed by atoms with Crippen molar-refractivity contribution in [1.29, 1.82) is 0 Å². The predicted octanol–water partition coefficient (Wildman–Crippen LogP) is 2.15. The normalized spacial score (nSPS) is 31.4. The maximum Gasteiger partial charge on any atom is 0.323 e. The van der Waals surface area contributed by atoms with E-state index < -0.39 is 17.1 Å². The smallest absolute Gasteiger partial charge is 0.323 e. The zero-order valence-corrected chi connectivity index (χ0v) is 13.7. The molecule has 2 saturated heterocycles. The van der Waals surface area contributed by atoms with Gasteiger partial charge in [-0.25, -0.2) is 4.79 Å². The number of benzene rings is 1. The first-order chi connectivity index (χ1) is 12.0. The van der Waals surface area contributed by atoms with Crippen molar-refractivity contribution in [2.24, 2.45) is 11.8 Å². The molecule has 8 nitrogen and oxygen atoms in total. The monoisotopic (exact) mass is 344 g/mol. The van der Waals surface area contributed by atoms with Crippen LogP contribution in [0.4, 0.5) is 16.2 Å². The molecule has 132 valence electrons. The molecule has 1 saturated carbocycles. The fourth-order valence-electron chi connectivity index (χ4n) is 4.58. The van der Waals surface area contributed by atoms with Gasteiger partial charge in [0.15, 0.2) is 0 Å². The Labute approximate surface area is 144 Å². The van der Waals surface area contributed by atoms with Gasteiger partial charge in [0.1, 0.15) is 6.17 Å². The molecule has 1 aromatic rings. The van der Waals surface area contributed by atoms with Gasteiger partial charge in [-0.3, -0.25) is 20.2 Å². The van der Waals surface area contributed by atoms with Gasteiger partial charge in [-0.05, 0) is 37.3 Å². The molecule has 1 aliphatic carbocycles. The molecule has 8 heteroatoms. The summed E-state index contributed by atoms with van der Waals surface area (Å²) in [5.41, 5.74) is 0.843. The van der Waals surface area contributed by atoms with Crippen LogP contribution in [0.5, 0.6) is 0 Å². The summed E-state index contributed by atoms with van der Waals surface area (Å²) in [6.45, 7) is 0. The number of urea groups is 1. The summed E-state index contributed by atoms with van der Waals surface area (Å²) in [4.78, 5) is 36.8. The van der Waals surface area contributed by atoms with E-state index in [1.165, 1.54) is 12.1 Å². The lowest BCUT2D eigenvalue weighted by molar-refractivity contribution is -0.384. The van der Waals surface area contributed by atoms with E-state index in [1.54, 1.807) is 12.1 Å². The Kier molecular flexibility index (Phi) is 3.82. The number of rotatable bonds is 2. The average Bonchev–Trinajstić information content (AvgIpc) is 2.60. The Morgan fingerprint density at radius 3 is 2.56 bits per heavy atom. The highest BCUT2D eigenvalue weighted by Gasteiger charge is 2.49. The summed E-state index contributed by atoms with van der Waals surface area (Å²) in [5, 5.41) is 16.2. The van der Waals surface area contributed by atoms with Crippen LogP contribution in [0, 0.1) is 22.0 Å². The first-order valence-corrected chi connectivity index (χ1v) is 8.69. The number of nitro groups is 1. The maximum atomic E-state index is 12.3. The average molecular weight is 344 g/mol. The van der Waals surface area contributed by atoms with Gasteiger partial charge in [-0.1, -0.05) is 12.8 Å². The van der Waals surface area contributed by atoms with Crippen LogP contribution in [0.25, 0.3) is 0 Å². The molecular formula is C17H20N4O4. The van der Waals surface area contributed by atoms with Gasteiger partial charge in [0.25, 0.3) is 5.69 Å². The summed E-state index contributed by atoms with van der Waals surface area (Å²) >= 11 is 0. The molecule has 2 N–H and O–H groups in total. The minimum atomic E-state index is -0.479. The second kappa shape index (κ2) is 6.02. The number of fused-ring (bicyclic) bond motifs is 2. The Morgan fingerprint density at radius 1 is 1.12 bits per heavy atom. The Balaban J connectivity index is 1.72. The highest BCUT2D eigenvalue weighted by Crippen LogP contribution is 2.43. The number of nitrogens with one attached hydrogen (secondary N) is 2. The van der Waals surface area contributed by atoms with Gasteiger partial charge in [0.05, 0.1) is 10.8 Å². The zero-order chi connectivity index (χ0) is 17.6. The van der Waals surface area contributed by atoms with Crippen molar-refractivity contribution >= 4 is 23.3 Å². The number of amides is 3. The third-order valence-corrected chi connectivity index (χ3v) is 5.67. The number of non-ortho nitro benzene ring substituents is 1. The van der Waals surface area contributed by atoms with Crippen LogP contribution in [-0.4, -0.2) is 29.1 Å².